The molecule has 1 aliphatic carbocycles. The Morgan fingerprint density at radius 3 is 2.67 bits per heavy atom. The third-order valence-electron chi connectivity index (χ3n) is 4.04. The van der Waals surface area contributed by atoms with Gasteiger partial charge in [0.2, 0.25) is 0 Å². The van der Waals surface area contributed by atoms with E-state index in [4.69, 9.17) is 4.74 Å². The Morgan fingerprint density at radius 2 is 2.04 bits per heavy atom. The van der Waals surface area contributed by atoms with E-state index < -0.39 is 6.10 Å². The van der Waals surface area contributed by atoms with Gasteiger partial charge in [0.05, 0.1) is 13.2 Å². The third kappa shape index (κ3) is 5.80. The predicted octanol–water partition coefficient (Wildman–Crippen LogP) is 3.53. The molecule has 0 bridgehead atoms. The van der Waals surface area contributed by atoms with Crippen molar-refractivity contribution < 1.29 is 19.4 Å². The molecule has 130 valence electrons. The number of methoxy groups -OCH3 is 1. The Balaban J connectivity index is 1.74. The summed E-state index contributed by atoms with van der Waals surface area (Å²) < 4.78 is 4.91. The predicted molar refractivity (Wildman–Crippen MR) is 94.9 cm³/mol. The van der Waals surface area contributed by atoms with Gasteiger partial charge in [-0.1, -0.05) is 31.0 Å². The molecule has 1 aromatic carbocycles. The van der Waals surface area contributed by atoms with Crippen LogP contribution in [0.15, 0.2) is 46.9 Å². The third-order valence-corrected chi connectivity index (χ3v) is 5.30. The van der Waals surface area contributed by atoms with Crippen molar-refractivity contribution in [3.63, 3.8) is 0 Å². The monoisotopic (exact) mass is 348 g/mol. The van der Waals surface area contributed by atoms with Crippen molar-refractivity contribution in [2.75, 3.05) is 7.11 Å². The van der Waals surface area contributed by atoms with Gasteiger partial charge >= 0.3 is 5.97 Å². The number of ketones is 1. The molecule has 5 heteroatoms. The minimum absolute atomic E-state index is 0.0644. The van der Waals surface area contributed by atoms with Crippen LogP contribution in [0.2, 0.25) is 0 Å². The summed E-state index contributed by atoms with van der Waals surface area (Å²) in [6.45, 7) is 0. The van der Waals surface area contributed by atoms with Crippen LogP contribution in [0.1, 0.15) is 38.5 Å². The number of ether oxygens (including phenoxy) is 1. The Bertz CT molecular complexity index is 582. The van der Waals surface area contributed by atoms with Gasteiger partial charge in [-0.25, -0.2) is 0 Å². The molecule has 0 fully saturated rings. The fourth-order valence-electron chi connectivity index (χ4n) is 2.77. The maximum Gasteiger partial charge on any atom is 0.319 e. The van der Waals surface area contributed by atoms with Crippen LogP contribution in [-0.4, -0.2) is 35.3 Å². The van der Waals surface area contributed by atoms with E-state index in [1.807, 2.05) is 30.3 Å². The van der Waals surface area contributed by atoms with Gasteiger partial charge in [0.1, 0.15) is 5.25 Å². The van der Waals surface area contributed by atoms with Crippen molar-refractivity contribution in [2.24, 2.45) is 0 Å². The second-order valence-electron chi connectivity index (χ2n) is 5.93. The van der Waals surface area contributed by atoms with Crippen LogP contribution in [0.25, 0.3) is 0 Å². The number of thioether (sulfide) groups is 1. The first-order valence-corrected chi connectivity index (χ1v) is 9.19. The fourth-order valence-corrected chi connectivity index (χ4v) is 3.89. The quantitative estimate of drug-likeness (QED) is 0.420. The second kappa shape index (κ2) is 9.64. The van der Waals surface area contributed by atoms with Crippen LogP contribution >= 0.6 is 11.8 Å². The van der Waals surface area contributed by atoms with E-state index in [9.17, 15) is 14.7 Å². The lowest BCUT2D eigenvalue weighted by Crippen LogP contribution is -2.18. The number of allylic oxidation sites excluding steroid dienone is 1. The minimum atomic E-state index is -0.599. The summed E-state index contributed by atoms with van der Waals surface area (Å²) in [4.78, 5) is 24.6. The van der Waals surface area contributed by atoms with Crippen molar-refractivity contribution in [1.82, 2.24) is 0 Å². The van der Waals surface area contributed by atoms with Crippen molar-refractivity contribution in [1.29, 1.82) is 0 Å². The summed E-state index contributed by atoms with van der Waals surface area (Å²) in [5.41, 5.74) is 0.755. The zero-order valence-corrected chi connectivity index (χ0v) is 14.8. The summed E-state index contributed by atoms with van der Waals surface area (Å²) >= 11 is 1.53. The second-order valence-corrected chi connectivity index (χ2v) is 7.20. The zero-order valence-electron chi connectivity index (χ0n) is 13.9. The average Bonchev–Trinajstić information content (AvgIpc) is 2.91. The van der Waals surface area contributed by atoms with Crippen LogP contribution in [0.4, 0.5) is 0 Å². The van der Waals surface area contributed by atoms with E-state index in [0.29, 0.717) is 6.42 Å². The van der Waals surface area contributed by atoms with Crippen LogP contribution in [0.5, 0.6) is 0 Å². The summed E-state index contributed by atoms with van der Waals surface area (Å²) in [5, 5.41) is 9.22. The molecule has 1 aliphatic rings. The molecule has 2 atom stereocenters. The van der Waals surface area contributed by atoms with Gasteiger partial charge < -0.3 is 9.84 Å². The van der Waals surface area contributed by atoms with E-state index in [0.717, 1.165) is 36.2 Å². The maximum atomic E-state index is 11.9. The number of benzene rings is 1. The topological polar surface area (TPSA) is 63.6 Å². The van der Waals surface area contributed by atoms with E-state index >= 15 is 0 Å². The highest BCUT2D eigenvalue weighted by Gasteiger charge is 2.22. The Kier molecular flexibility index (Phi) is 7.53. The SMILES string of the molecule is COC(=O)C(CCCCCC1=CC(O)CC1=O)Sc1ccccc1. The number of aliphatic hydroxyl groups is 1. The highest BCUT2D eigenvalue weighted by atomic mass is 32.2. The van der Waals surface area contributed by atoms with E-state index in [1.165, 1.54) is 18.9 Å². The highest BCUT2D eigenvalue weighted by molar-refractivity contribution is 8.00. The molecular weight excluding hydrogens is 324 g/mol. The summed E-state index contributed by atoms with van der Waals surface area (Å²) in [6.07, 6.45) is 5.52. The molecular formula is C19H24O4S. The molecule has 0 heterocycles. The number of carbonyl (C=O) groups excluding carboxylic acids is 2. The maximum absolute atomic E-state index is 11.9. The molecule has 0 radical (unpaired) electrons. The minimum Gasteiger partial charge on any atom is -0.468 e. The van der Waals surface area contributed by atoms with Crippen molar-refractivity contribution >= 4 is 23.5 Å². The lowest BCUT2D eigenvalue weighted by atomic mass is 10.0. The van der Waals surface area contributed by atoms with Crippen LogP contribution in [0, 0.1) is 0 Å². The summed E-state index contributed by atoms with van der Waals surface area (Å²) in [5.74, 6) is -0.129. The number of aliphatic hydroxyl groups excluding tert-OH is 1. The number of unbranched alkanes of at least 4 members (excludes halogenated alkanes) is 2. The molecule has 2 rings (SSSR count). The van der Waals surface area contributed by atoms with Gasteiger partial charge in [-0.15, -0.1) is 11.8 Å². The molecule has 0 spiro atoms. The molecule has 0 aromatic heterocycles. The molecule has 0 aliphatic heterocycles. The van der Waals surface area contributed by atoms with Crippen molar-refractivity contribution in [3.05, 3.63) is 42.0 Å². The van der Waals surface area contributed by atoms with E-state index in [2.05, 4.69) is 0 Å². The van der Waals surface area contributed by atoms with Gasteiger partial charge in [-0.05, 0) is 43.0 Å². The van der Waals surface area contributed by atoms with Gasteiger partial charge in [0, 0.05) is 11.3 Å². The van der Waals surface area contributed by atoms with Gasteiger partial charge in [-0.3, -0.25) is 9.59 Å². The van der Waals surface area contributed by atoms with E-state index in [1.54, 1.807) is 6.08 Å². The number of Topliss-reactive ketones (excluding diaryl/α,β-unsaturated/α-hetero) is 1. The molecule has 0 saturated carbocycles. The molecule has 24 heavy (non-hydrogen) atoms. The lowest BCUT2D eigenvalue weighted by molar-refractivity contribution is -0.140. The smallest absolute Gasteiger partial charge is 0.319 e. The van der Waals surface area contributed by atoms with Gasteiger partial charge in [-0.2, -0.15) is 0 Å². The fraction of sp³-hybridized carbons (Fsp3) is 0.474. The number of rotatable bonds is 9. The molecule has 1 aromatic rings. The number of carbonyl (C=O) groups is 2. The Morgan fingerprint density at radius 1 is 1.29 bits per heavy atom. The highest BCUT2D eigenvalue weighted by Crippen LogP contribution is 2.28. The largest absolute Gasteiger partial charge is 0.468 e. The summed E-state index contributed by atoms with van der Waals surface area (Å²) in [7, 11) is 1.42. The number of hydrogen-bond acceptors (Lipinski definition) is 5. The summed E-state index contributed by atoms with van der Waals surface area (Å²) in [6, 6.07) is 9.84. The van der Waals surface area contributed by atoms with Crippen molar-refractivity contribution in [3.8, 4) is 0 Å². The van der Waals surface area contributed by atoms with Crippen LogP contribution in [0.3, 0.4) is 0 Å². The van der Waals surface area contributed by atoms with Crippen molar-refractivity contribution in [2.45, 2.75) is 54.8 Å². The Hall–Kier alpha value is -1.59. The number of esters is 1. The van der Waals surface area contributed by atoms with Crippen LogP contribution < -0.4 is 0 Å². The lowest BCUT2D eigenvalue weighted by Gasteiger charge is -2.14. The first-order valence-electron chi connectivity index (χ1n) is 8.31. The molecule has 0 saturated heterocycles. The molecule has 2 unspecified atom stereocenters. The normalized spacial score (nSPS) is 18.3. The standard InChI is InChI=1S/C19H24O4S/c1-23-19(22)18(24-16-9-5-3-6-10-16)11-7-2-4-8-14-12-15(20)13-17(14)21/h3,5-6,9-10,12,15,18,20H,2,4,7-8,11,13H2,1H3. The molecule has 0 amide bonds. The molecule has 4 nitrogen and oxygen atoms in total. The average molecular weight is 348 g/mol. The van der Waals surface area contributed by atoms with E-state index in [-0.39, 0.29) is 23.4 Å². The first-order chi connectivity index (χ1) is 11.6. The molecule has 1 N–H and O–H groups in total. The van der Waals surface area contributed by atoms with Gasteiger partial charge in [0.25, 0.3) is 0 Å². The first kappa shape index (κ1) is 18.7. The van der Waals surface area contributed by atoms with Crippen LogP contribution in [-0.2, 0) is 14.3 Å². The van der Waals surface area contributed by atoms with Gasteiger partial charge in [0.15, 0.2) is 5.78 Å². The Labute approximate surface area is 147 Å². The number of hydrogen-bond donors (Lipinski definition) is 1. The zero-order chi connectivity index (χ0) is 17.4.